The molecule has 4 rings (SSSR count). The summed E-state index contributed by atoms with van der Waals surface area (Å²) in [6.07, 6.45) is 2.29. The van der Waals surface area contributed by atoms with E-state index in [1.165, 1.54) is 0 Å². The number of likely N-dealkylation sites (tertiary alicyclic amines) is 1. The predicted molar refractivity (Wildman–Crippen MR) is 92.3 cm³/mol. The Hall–Kier alpha value is -2.63. The van der Waals surface area contributed by atoms with Crippen LogP contribution in [0.3, 0.4) is 0 Å². The molecule has 1 spiro atoms. The van der Waals surface area contributed by atoms with E-state index in [4.69, 9.17) is 4.52 Å². The lowest BCUT2D eigenvalue weighted by molar-refractivity contribution is -0.121. The number of carbonyl (C=O) groups is 2. The average Bonchev–Trinajstić information content (AvgIpc) is 3.27. The fourth-order valence-electron chi connectivity index (χ4n) is 4.33. The summed E-state index contributed by atoms with van der Waals surface area (Å²) in [6, 6.07) is 9.28. The molecule has 130 valence electrons. The minimum Gasteiger partial charge on any atom is -0.361 e. The molecule has 1 N–H and O–H groups in total. The summed E-state index contributed by atoms with van der Waals surface area (Å²) in [5.74, 6) is 0.441. The molecule has 1 saturated heterocycles. The van der Waals surface area contributed by atoms with Crippen molar-refractivity contribution in [1.82, 2.24) is 10.1 Å². The molecule has 0 bridgehead atoms. The molecular weight excluding hydrogens is 318 g/mol. The summed E-state index contributed by atoms with van der Waals surface area (Å²) < 4.78 is 5.06. The third-order valence-corrected chi connectivity index (χ3v) is 5.42. The van der Waals surface area contributed by atoms with E-state index in [1.807, 2.05) is 29.2 Å². The first-order valence-electron chi connectivity index (χ1n) is 8.73. The molecule has 3 heterocycles. The number of hydrogen-bond donors (Lipinski definition) is 1. The number of carbonyl (C=O) groups excluding carboxylic acids is 2. The van der Waals surface area contributed by atoms with Gasteiger partial charge in [-0.1, -0.05) is 36.7 Å². The number of rotatable bonds is 3. The van der Waals surface area contributed by atoms with Crippen LogP contribution in [0.25, 0.3) is 0 Å². The molecule has 2 aromatic rings. The molecule has 6 heteroatoms. The fourth-order valence-corrected chi connectivity index (χ4v) is 4.33. The number of fused-ring (bicyclic) bond motifs is 2. The van der Waals surface area contributed by atoms with E-state index in [2.05, 4.69) is 17.4 Å². The Morgan fingerprint density at radius 3 is 2.96 bits per heavy atom. The summed E-state index contributed by atoms with van der Waals surface area (Å²) >= 11 is 0. The maximum absolute atomic E-state index is 13.0. The van der Waals surface area contributed by atoms with Gasteiger partial charge in [0.1, 0.15) is 5.76 Å². The first kappa shape index (κ1) is 15.9. The molecular formula is C19H21N3O3. The van der Waals surface area contributed by atoms with Gasteiger partial charge in [-0.05, 0) is 31.4 Å². The quantitative estimate of drug-likeness (QED) is 0.933. The van der Waals surface area contributed by atoms with Gasteiger partial charge in [0, 0.05) is 18.3 Å². The Kier molecular flexibility index (Phi) is 3.63. The topological polar surface area (TPSA) is 75.4 Å². The van der Waals surface area contributed by atoms with Crippen molar-refractivity contribution in [3.63, 3.8) is 0 Å². The number of amides is 2. The van der Waals surface area contributed by atoms with Crippen LogP contribution in [0, 0.1) is 6.92 Å². The number of para-hydroxylation sites is 1. The summed E-state index contributed by atoms with van der Waals surface area (Å²) in [7, 11) is 0. The highest BCUT2D eigenvalue weighted by atomic mass is 16.5. The monoisotopic (exact) mass is 339 g/mol. The van der Waals surface area contributed by atoms with Gasteiger partial charge in [-0.25, -0.2) is 0 Å². The van der Waals surface area contributed by atoms with Crippen molar-refractivity contribution in [2.75, 3.05) is 11.9 Å². The van der Waals surface area contributed by atoms with E-state index in [9.17, 15) is 9.59 Å². The van der Waals surface area contributed by atoms with Crippen molar-refractivity contribution >= 4 is 17.5 Å². The smallest absolute Gasteiger partial charge is 0.276 e. The van der Waals surface area contributed by atoms with Crippen molar-refractivity contribution in [1.29, 1.82) is 0 Å². The van der Waals surface area contributed by atoms with Crippen molar-refractivity contribution in [2.24, 2.45) is 0 Å². The number of aryl methyl sites for hydroxylation is 1. The lowest BCUT2D eigenvalue weighted by atomic mass is 9.73. The van der Waals surface area contributed by atoms with Crippen LogP contribution in [0.1, 0.15) is 48.0 Å². The lowest BCUT2D eigenvalue weighted by Gasteiger charge is -2.33. The lowest BCUT2D eigenvalue weighted by Crippen LogP contribution is -2.48. The van der Waals surface area contributed by atoms with Gasteiger partial charge in [0.2, 0.25) is 5.91 Å². The summed E-state index contributed by atoms with van der Waals surface area (Å²) in [4.78, 5) is 27.8. The first-order valence-corrected chi connectivity index (χ1v) is 8.73. The van der Waals surface area contributed by atoms with Crippen molar-refractivity contribution in [3.05, 3.63) is 47.3 Å². The van der Waals surface area contributed by atoms with Gasteiger partial charge in [0.25, 0.3) is 5.91 Å². The largest absolute Gasteiger partial charge is 0.361 e. The van der Waals surface area contributed by atoms with Gasteiger partial charge in [0.15, 0.2) is 5.69 Å². The molecule has 0 saturated carbocycles. The zero-order valence-electron chi connectivity index (χ0n) is 14.4. The van der Waals surface area contributed by atoms with Crippen LogP contribution >= 0.6 is 0 Å². The van der Waals surface area contributed by atoms with E-state index < -0.39 is 5.41 Å². The van der Waals surface area contributed by atoms with Crippen LogP contribution in [0.2, 0.25) is 0 Å². The molecule has 2 atom stereocenters. The zero-order chi connectivity index (χ0) is 17.6. The van der Waals surface area contributed by atoms with Gasteiger partial charge >= 0.3 is 0 Å². The summed E-state index contributed by atoms with van der Waals surface area (Å²) in [6.45, 7) is 4.38. The van der Waals surface area contributed by atoms with E-state index >= 15 is 0 Å². The Morgan fingerprint density at radius 1 is 1.44 bits per heavy atom. The summed E-state index contributed by atoms with van der Waals surface area (Å²) in [5, 5.41) is 6.88. The van der Waals surface area contributed by atoms with Crippen molar-refractivity contribution in [3.8, 4) is 0 Å². The fraction of sp³-hybridized carbons (Fsp3) is 0.421. The minimum absolute atomic E-state index is 0.00113. The van der Waals surface area contributed by atoms with Gasteiger partial charge in [-0.15, -0.1) is 0 Å². The Morgan fingerprint density at radius 2 is 2.24 bits per heavy atom. The van der Waals surface area contributed by atoms with Gasteiger partial charge < -0.3 is 14.7 Å². The van der Waals surface area contributed by atoms with E-state index in [0.717, 1.165) is 24.1 Å². The maximum atomic E-state index is 13.0. The van der Waals surface area contributed by atoms with Gasteiger partial charge in [0.05, 0.1) is 11.5 Å². The predicted octanol–water partition coefficient (Wildman–Crippen LogP) is 2.89. The highest BCUT2D eigenvalue weighted by Gasteiger charge is 2.58. The molecule has 0 unspecified atom stereocenters. The van der Waals surface area contributed by atoms with Crippen LogP contribution in [0.5, 0.6) is 0 Å². The normalized spacial score (nSPS) is 24.6. The molecule has 0 aliphatic carbocycles. The highest BCUT2D eigenvalue weighted by molar-refractivity contribution is 6.08. The van der Waals surface area contributed by atoms with Gasteiger partial charge in [-0.3, -0.25) is 9.59 Å². The molecule has 25 heavy (non-hydrogen) atoms. The Labute approximate surface area is 146 Å². The highest BCUT2D eigenvalue weighted by Crippen LogP contribution is 2.49. The van der Waals surface area contributed by atoms with Crippen LogP contribution in [0.4, 0.5) is 5.69 Å². The van der Waals surface area contributed by atoms with Crippen LogP contribution in [-0.4, -0.2) is 34.5 Å². The van der Waals surface area contributed by atoms with Gasteiger partial charge in [-0.2, -0.15) is 0 Å². The SMILES string of the molecule is CCC[C@@H]1N(C(=O)c2cc(C)on2)CC[C@@]12C(=O)Nc1ccccc12. The second-order valence-electron chi connectivity index (χ2n) is 6.85. The second-order valence-corrected chi connectivity index (χ2v) is 6.85. The third-order valence-electron chi connectivity index (χ3n) is 5.42. The van der Waals surface area contributed by atoms with Crippen LogP contribution in [0.15, 0.2) is 34.9 Å². The maximum Gasteiger partial charge on any atom is 0.276 e. The van der Waals surface area contributed by atoms with Crippen LogP contribution in [-0.2, 0) is 10.2 Å². The third kappa shape index (κ3) is 2.20. The van der Waals surface area contributed by atoms with E-state index in [1.54, 1.807) is 13.0 Å². The number of aromatic nitrogens is 1. The molecule has 6 nitrogen and oxygen atoms in total. The second kappa shape index (κ2) is 5.72. The molecule has 2 amide bonds. The first-order chi connectivity index (χ1) is 12.1. The average molecular weight is 339 g/mol. The molecule has 1 aromatic heterocycles. The number of benzene rings is 1. The number of nitrogens with zero attached hydrogens (tertiary/aromatic N) is 2. The Bertz CT molecular complexity index is 844. The van der Waals surface area contributed by atoms with Crippen molar-refractivity contribution in [2.45, 2.75) is 44.6 Å². The van der Waals surface area contributed by atoms with E-state index in [-0.39, 0.29) is 17.9 Å². The summed E-state index contributed by atoms with van der Waals surface area (Å²) in [5.41, 5.74) is 1.51. The number of anilines is 1. The minimum atomic E-state index is -0.666. The number of nitrogens with one attached hydrogen (secondary N) is 1. The standard InChI is InChI=1S/C19H21N3O3/c1-3-6-16-19(13-7-4-5-8-14(13)20-18(19)24)9-10-22(16)17(23)15-11-12(2)25-21-15/h4-5,7-8,11,16H,3,6,9-10H2,1-2H3,(H,20,24)/t16-,19-/m0/s1. The van der Waals surface area contributed by atoms with Crippen molar-refractivity contribution < 1.29 is 14.1 Å². The van der Waals surface area contributed by atoms with E-state index in [0.29, 0.717) is 24.4 Å². The molecule has 2 aliphatic rings. The van der Waals surface area contributed by atoms with Crippen LogP contribution < -0.4 is 5.32 Å². The molecule has 2 aliphatic heterocycles. The molecule has 1 fully saturated rings. The zero-order valence-corrected chi connectivity index (χ0v) is 14.4. The number of hydrogen-bond acceptors (Lipinski definition) is 4. The Balaban J connectivity index is 1.76. The molecule has 0 radical (unpaired) electrons. The molecule has 1 aromatic carbocycles.